The van der Waals surface area contributed by atoms with Gasteiger partial charge in [-0.15, -0.1) is 0 Å². The molecule has 0 aliphatic carbocycles. The van der Waals surface area contributed by atoms with Gasteiger partial charge in [0.05, 0.1) is 42.3 Å². The van der Waals surface area contributed by atoms with Crippen LogP contribution in [0.2, 0.25) is 0 Å². The number of esters is 1. The molecule has 4 aromatic rings. The predicted octanol–water partition coefficient (Wildman–Crippen LogP) is 4.76. The lowest BCUT2D eigenvalue weighted by atomic mass is 10.00. The van der Waals surface area contributed by atoms with E-state index in [0.717, 1.165) is 11.3 Å². The molecule has 9 heteroatoms. The molecule has 0 spiro atoms. The number of aliphatic imine (C=N–C) groups is 1. The fourth-order valence-corrected chi connectivity index (χ4v) is 4.31. The number of likely N-dealkylation sites (N-methyl/N-ethyl adjacent to an activating group) is 2. The SMILES string of the molecule is CCOC(=O)c1ccc2c(C(=Nc3ccc(N(C)C(=O)CN(C)CCOC)cc3)c3ccccc3)c(O)[nH]c2c1. The van der Waals surface area contributed by atoms with Gasteiger partial charge in [0.15, 0.2) is 5.88 Å². The zero-order chi connectivity index (χ0) is 28.6. The summed E-state index contributed by atoms with van der Waals surface area (Å²) in [4.78, 5) is 36.4. The summed E-state index contributed by atoms with van der Waals surface area (Å²) in [5.41, 5.74) is 4.26. The van der Waals surface area contributed by atoms with Crippen molar-refractivity contribution >= 4 is 39.9 Å². The van der Waals surface area contributed by atoms with Crippen LogP contribution in [0.25, 0.3) is 10.9 Å². The van der Waals surface area contributed by atoms with E-state index in [1.807, 2.05) is 66.5 Å². The van der Waals surface area contributed by atoms with Gasteiger partial charge >= 0.3 is 5.97 Å². The van der Waals surface area contributed by atoms with Gasteiger partial charge in [-0.25, -0.2) is 9.79 Å². The van der Waals surface area contributed by atoms with Crippen LogP contribution in [0.3, 0.4) is 0 Å². The number of hydrogen-bond acceptors (Lipinski definition) is 7. The number of nitrogens with one attached hydrogen (secondary N) is 1. The number of rotatable bonds is 11. The number of hydrogen-bond donors (Lipinski definition) is 2. The quantitative estimate of drug-likeness (QED) is 0.209. The highest BCUT2D eigenvalue weighted by molar-refractivity contribution is 6.22. The summed E-state index contributed by atoms with van der Waals surface area (Å²) in [6.45, 7) is 3.52. The second-order valence-electron chi connectivity index (χ2n) is 9.36. The second kappa shape index (κ2) is 13.1. The molecule has 0 fully saturated rings. The second-order valence-corrected chi connectivity index (χ2v) is 9.36. The van der Waals surface area contributed by atoms with E-state index < -0.39 is 5.97 Å². The van der Waals surface area contributed by atoms with Crippen LogP contribution in [0.15, 0.2) is 77.8 Å². The minimum Gasteiger partial charge on any atom is -0.494 e. The maximum absolute atomic E-state index is 12.7. The minimum absolute atomic E-state index is 0.0364. The zero-order valence-electron chi connectivity index (χ0n) is 23.2. The van der Waals surface area contributed by atoms with Crippen molar-refractivity contribution in [2.75, 3.05) is 52.4 Å². The average molecular weight is 543 g/mol. The van der Waals surface area contributed by atoms with E-state index >= 15 is 0 Å². The highest BCUT2D eigenvalue weighted by Crippen LogP contribution is 2.32. The molecule has 0 saturated carbocycles. The van der Waals surface area contributed by atoms with E-state index in [0.29, 0.717) is 46.6 Å². The van der Waals surface area contributed by atoms with Crippen molar-refractivity contribution in [3.8, 4) is 5.88 Å². The number of fused-ring (bicyclic) bond motifs is 1. The fourth-order valence-electron chi connectivity index (χ4n) is 4.31. The van der Waals surface area contributed by atoms with Gasteiger partial charge in [-0.05, 0) is 50.4 Å². The largest absolute Gasteiger partial charge is 0.494 e. The lowest BCUT2D eigenvalue weighted by molar-refractivity contribution is -0.119. The number of amides is 1. The van der Waals surface area contributed by atoms with Crippen molar-refractivity contribution in [2.45, 2.75) is 6.92 Å². The van der Waals surface area contributed by atoms with Gasteiger partial charge in [0.1, 0.15) is 0 Å². The average Bonchev–Trinajstić information content (AvgIpc) is 3.29. The van der Waals surface area contributed by atoms with Gasteiger partial charge in [-0.2, -0.15) is 0 Å². The molecule has 0 bridgehead atoms. The van der Waals surface area contributed by atoms with Crippen LogP contribution < -0.4 is 4.90 Å². The van der Waals surface area contributed by atoms with Gasteiger partial charge in [0.2, 0.25) is 5.91 Å². The molecular formula is C31H34N4O5. The number of H-pyrrole nitrogens is 1. The Morgan fingerprint density at radius 2 is 1.70 bits per heavy atom. The number of methoxy groups -OCH3 is 1. The molecule has 1 amide bonds. The third kappa shape index (κ3) is 6.56. The monoisotopic (exact) mass is 542 g/mol. The van der Waals surface area contributed by atoms with Crippen LogP contribution in [0, 0.1) is 0 Å². The molecule has 1 heterocycles. The maximum Gasteiger partial charge on any atom is 0.338 e. The Kier molecular flexibility index (Phi) is 9.31. The van der Waals surface area contributed by atoms with E-state index in [1.165, 1.54) is 0 Å². The summed E-state index contributed by atoms with van der Waals surface area (Å²) in [7, 11) is 5.26. The molecule has 0 aliphatic rings. The summed E-state index contributed by atoms with van der Waals surface area (Å²) in [6, 6.07) is 22.0. The molecule has 3 aromatic carbocycles. The van der Waals surface area contributed by atoms with Crippen LogP contribution in [0.5, 0.6) is 5.88 Å². The molecule has 4 rings (SSSR count). The third-order valence-corrected chi connectivity index (χ3v) is 6.51. The van der Waals surface area contributed by atoms with Crippen LogP contribution in [-0.2, 0) is 14.3 Å². The third-order valence-electron chi connectivity index (χ3n) is 6.51. The maximum atomic E-state index is 12.7. The fraction of sp³-hybridized carbons (Fsp3) is 0.258. The molecule has 40 heavy (non-hydrogen) atoms. The van der Waals surface area contributed by atoms with Gasteiger partial charge in [0, 0.05) is 42.9 Å². The summed E-state index contributed by atoms with van der Waals surface area (Å²) < 4.78 is 10.2. The number of anilines is 1. The summed E-state index contributed by atoms with van der Waals surface area (Å²) in [5.74, 6) is -0.522. The number of aromatic nitrogens is 1. The molecule has 0 radical (unpaired) electrons. The van der Waals surface area contributed by atoms with E-state index in [1.54, 1.807) is 44.2 Å². The molecule has 9 nitrogen and oxygen atoms in total. The highest BCUT2D eigenvalue weighted by Gasteiger charge is 2.20. The first-order valence-corrected chi connectivity index (χ1v) is 13.0. The normalized spacial score (nSPS) is 11.7. The molecule has 208 valence electrons. The van der Waals surface area contributed by atoms with Crippen molar-refractivity contribution in [2.24, 2.45) is 4.99 Å². The van der Waals surface area contributed by atoms with Crippen molar-refractivity contribution in [3.63, 3.8) is 0 Å². The Hall–Kier alpha value is -4.47. The van der Waals surface area contributed by atoms with Gasteiger partial charge in [-0.3, -0.25) is 9.69 Å². The number of aromatic amines is 1. The molecular weight excluding hydrogens is 508 g/mol. The highest BCUT2D eigenvalue weighted by atomic mass is 16.5. The Bertz CT molecular complexity index is 1500. The Labute approximate surface area is 233 Å². The first-order chi connectivity index (χ1) is 19.3. The number of aromatic hydroxyl groups is 1. The lowest BCUT2D eigenvalue weighted by Crippen LogP contribution is -2.37. The van der Waals surface area contributed by atoms with Gasteiger partial charge in [0.25, 0.3) is 0 Å². The van der Waals surface area contributed by atoms with E-state index in [4.69, 9.17) is 14.5 Å². The van der Waals surface area contributed by atoms with Crippen LogP contribution in [0.4, 0.5) is 11.4 Å². The predicted molar refractivity (Wildman–Crippen MR) is 157 cm³/mol. The van der Waals surface area contributed by atoms with Crippen LogP contribution in [-0.4, -0.2) is 80.1 Å². The number of ether oxygens (including phenoxy) is 2. The van der Waals surface area contributed by atoms with Crippen molar-refractivity contribution in [1.29, 1.82) is 0 Å². The molecule has 1 aromatic heterocycles. The molecule has 0 saturated heterocycles. The lowest BCUT2D eigenvalue weighted by Gasteiger charge is -2.22. The van der Waals surface area contributed by atoms with Crippen molar-refractivity contribution < 1.29 is 24.2 Å². The molecule has 0 atom stereocenters. The van der Waals surface area contributed by atoms with E-state index in [9.17, 15) is 14.7 Å². The Balaban J connectivity index is 1.67. The number of carbonyl (C=O) groups excluding carboxylic acids is 2. The van der Waals surface area contributed by atoms with Gasteiger partial charge in [-0.1, -0.05) is 36.4 Å². The van der Waals surface area contributed by atoms with Crippen LogP contribution >= 0.6 is 0 Å². The van der Waals surface area contributed by atoms with Gasteiger partial charge < -0.3 is 24.5 Å². The van der Waals surface area contributed by atoms with E-state index in [-0.39, 0.29) is 24.9 Å². The minimum atomic E-state index is -0.429. The summed E-state index contributed by atoms with van der Waals surface area (Å²) in [5, 5.41) is 11.7. The number of benzene rings is 3. The molecule has 0 aliphatic heterocycles. The standard InChI is InChI=1S/C31H34N4O5/c1-5-40-31(38)22-11-16-25-26(19-22)33-30(37)28(25)29(21-9-7-6-8-10-21)32-23-12-14-24(15-13-23)35(3)27(36)20-34(2)17-18-39-4/h6-16,19,33,37H,5,17-18,20H2,1-4H3. The Morgan fingerprint density at radius 3 is 2.38 bits per heavy atom. The zero-order valence-corrected chi connectivity index (χ0v) is 23.2. The molecule has 2 N–H and O–H groups in total. The topological polar surface area (TPSA) is 107 Å². The summed E-state index contributed by atoms with van der Waals surface area (Å²) >= 11 is 0. The first-order valence-electron chi connectivity index (χ1n) is 13.0. The molecule has 0 unspecified atom stereocenters. The van der Waals surface area contributed by atoms with E-state index in [2.05, 4.69) is 4.98 Å². The van der Waals surface area contributed by atoms with Crippen molar-refractivity contribution in [3.05, 3.63) is 89.5 Å². The summed E-state index contributed by atoms with van der Waals surface area (Å²) in [6.07, 6.45) is 0. The smallest absolute Gasteiger partial charge is 0.338 e. The Morgan fingerprint density at radius 1 is 0.975 bits per heavy atom. The van der Waals surface area contributed by atoms with Crippen molar-refractivity contribution in [1.82, 2.24) is 9.88 Å². The number of carbonyl (C=O) groups is 2. The number of nitrogens with zero attached hydrogens (tertiary/aromatic N) is 3. The van der Waals surface area contributed by atoms with Crippen LogP contribution in [0.1, 0.15) is 28.4 Å². The first kappa shape index (κ1) is 28.5.